The zero-order chi connectivity index (χ0) is 14.0. The highest BCUT2D eigenvalue weighted by Gasteiger charge is 2.58. The summed E-state index contributed by atoms with van der Waals surface area (Å²) in [4.78, 5) is 22.1. The Morgan fingerprint density at radius 2 is 2.06 bits per heavy atom. The molecule has 1 fully saturated rings. The molecule has 1 heterocycles. The summed E-state index contributed by atoms with van der Waals surface area (Å²) in [6.07, 6.45) is -4.43. The molecule has 0 aliphatic carbocycles. The number of aliphatic carboxylic acids is 1. The highest BCUT2D eigenvalue weighted by Crippen LogP contribution is 2.30. The van der Waals surface area contributed by atoms with E-state index < -0.39 is 29.7 Å². The van der Waals surface area contributed by atoms with Gasteiger partial charge in [0.25, 0.3) is 0 Å². The number of ether oxygens (including phenoxy) is 1. The third-order valence-electron chi connectivity index (χ3n) is 2.82. The molecule has 0 aromatic carbocycles. The Balaban J connectivity index is 2.66. The van der Waals surface area contributed by atoms with Gasteiger partial charge < -0.3 is 15.2 Å². The van der Waals surface area contributed by atoms with E-state index in [1.165, 1.54) is 5.32 Å². The maximum absolute atomic E-state index is 12.6. The largest absolute Gasteiger partial charge is 0.479 e. The standard InChI is InChI=1S/C10H14F3NO4/c1-9(8(16)17,10(11,12)13)14-7(15)5-6-3-2-4-18-6/h6H,2-5H2,1H3,(H,14,15)(H,16,17). The minimum absolute atomic E-state index is 0.265. The number of rotatable bonds is 4. The van der Waals surface area contributed by atoms with E-state index in [0.717, 1.165) is 6.42 Å². The van der Waals surface area contributed by atoms with Crippen molar-refractivity contribution in [2.75, 3.05) is 6.61 Å². The van der Waals surface area contributed by atoms with Crippen molar-refractivity contribution in [1.29, 1.82) is 0 Å². The summed E-state index contributed by atoms with van der Waals surface area (Å²) in [5, 5.41) is 10.1. The van der Waals surface area contributed by atoms with Crippen LogP contribution >= 0.6 is 0 Å². The molecule has 1 saturated heterocycles. The van der Waals surface area contributed by atoms with Crippen LogP contribution in [-0.4, -0.2) is 41.4 Å². The number of hydrogen-bond donors (Lipinski definition) is 2. The lowest BCUT2D eigenvalue weighted by molar-refractivity contribution is -0.207. The molecule has 0 saturated carbocycles. The molecule has 1 rings (SSSR count). The van der Waals surface area contributed by atoms with Crippen molar-refractivity contribution < 1.29 is 32.6 Å². The van der Waals surface area contributed by atoms with E-state index in [9.17, 15) is 22.8 Å². The van der Waals surface area contributed by atoms with Crippen molar-refractivity contribution >= 4 is 11.9 Å². The number of amides is 1. The number of carbonyl (C=O) groups excluding carboxylic acids is 1. The van der Waals surface area contributed by atoms with Gasteiger partial charge in [0.15, 0.2) is 0 Å². The maximum atomic E-state index is 12.6. The molecule has 5 nitrogen and oxygen atoms in total. The summed E-state index contributed by atoms with van der Waals surface area (Å²) in [5.41, 5.74) is -3.28. The molecular weight excluding hydrogens is 255 g/mol. The van der Waals surface area contributed by atoms with Gasteiger partial charge in [-0.15, -0.1) is 0 Å². The smallest absolute Gasteiger partial charge is 0.422 e. The second kappa shape index (κ2) is 5.13. The van der Waals surface area contributed by atoms with Crippen LogP contribution in [0.25, 0.3) is 0 Å². The first kappa shape index (κ1) is 14.7. The molecule has 1 aliphatic heterocycles. The Hall–Kier alpha value is -1.31. The molecule has 2 N–H and O–H groups in total. The summed E-state index contributed by atoms with van der Waals surface area (Å²) in [6.45, 7) is 0.885. The van der Waals surface area contributed by atoms with E-state index in [4.69, 9.17) is 9.84 Å². The van der Waals surface area contributed by atoms with Gasteiger partial charge in [-0.2, -0.15) is 13.2 Å². The lowest BCUT2D eigenvalue weighted by Crippen LogP contribution is -2.62. The van der Waals surface area contributed by atoms with Crippen LogP contribution in [-0.2, 0) is 14.3 Å². The molecule has 1 aliphatic rings. The number of hydrogen-bond acceptors (Lipinski definition) is 3. The highest BCUT2D eigenvalue weighted by atomic mass is 19.4. The molecule has 1 amide bonds. The summed E-state index contributed by atoms with van der Waals surface area (Å²) >= 11 is 0. The molecule has 0 spiro atoms. The van der Waals surface area contributed by atoms with Crippen LogP contribution in [0, 0.1) is 0 Å². The number of halogens is 3. The van der Waals surface area contributed by atoms with Gasteiger partial charge in [0.1, 0.15) is 0 Å². The van der Waals surface area contributed by atoms with E-state index in [1.54, 1.807) is 0 Å². The van der Waals surface area contributed by atoms with E-state index in [2.05, 4.69) is 0 Å². The fourth-order valence-corrected chi connectivity index (χ4v) is 1.59. The molecule has 0 aromatic heterocycles. The Bertz CT molecular complexity index is 339. The van der Waals surface area contributed by atoms with Crippen LogP contribution in [0.1, 0.15) is 26.2 Å². The first-order valence-electron chi connectivity index (χ1n) is 5.39. The molecular formula is C10H14F3NO4. The predicted molar refractivity (Wildman–Crippen MR) is 53.8 cm³/mol. The van der Waals surface area contributed by atoms with Crippen molar-refractivity contribution in [3.05, 3.63) is 0 Å². The van der Waals surface area contributed by atoms with Crippen molar-refractivity contribution in [3.63, 3.8) is 0 Å². The van der Waals surface area contributed by atoms with Crippen LogP contribution in [0.5, 0.6) is 0 Å². The van der Waals surface area contributed by atoms with Crippen LogP contribution in [0.4, 0.5) is 13.2 Å². The molecule has 104 valence electrons. The maximum Gasteiger partial charge on any atom is 0.422 e. The van der Waals surface area contributed by atoms with Crippen molar-refractivity contribution in [1.82, 2.24) is 5.32 Å². The molecule has 0 aromatic rings. The normalized spacial score (nSPS) is 23.4. The summed E-state index contributed by atoms with van der Waals surface area (Å²) in [7, 11) is 0. The third kappa shape index (κ3) is 3.12. The number of carboxylic acids is 1. The van der Waals surface area contributed by atoms with Crippen LogP contribution in [0.3, 0.4) is 0 Å². The molecule has 0 bridgehead atoms. The van der Waals surface area contributed by atoms with Gasteiger partial charge in [-0.3, -0.25) is 4.79 Å². The quantitative estimate of drug-likeness (QED) is 0.800. The SMILES string of the molecule is CC(NC(=O)CC1CCCO1)(C(=O)O)C(F)(F)F. The van der Waals surface area contributed by atoms with Gasteiger partial charge >= 0.3 is 12.1 Å². The Morgan fingerprint density at radius 1 is 1.44 bits per heavy atom. The molecule has 0 radical (unpaired) electrons. The van der Waals surface area contributed by atoms with E-state index >= 15 is 0 Å². The van der Waals surface area contributed by atoms with Crippen LogP contribution < -0.4 is 5.32 Å². The lowest BCUT2D eigenvalue weighted by Gasteiger charge is -2.28. The Morgan fingerprint density at radius 3 is 2.44 bits per heavy atom. The average Bonchev–Trinajstić information content (AvgIpc) is 2.67. The van der Waals surface area contributed by atoms with Crippen LogP contribution in [0.2, 0.25) is 0 Å². The predicted octanol–water partition coefficient (Wildman–Crippen LogP) is 1.08. The molecule has 8 heteroatoms. The minimum atomic E-state index is -5.06. The summed E-state index contributed by atoms with van der Waals surface area (Å²) < 4.78 is 42.9. The first-order chi connectivity index (χ1) is 8.17. The summed E-state index contributed by atoms with van der Waals surface area (Å²) in [5.74, 6) is -3.13. The zero-order valence-electron chi connectivity index (χ0n) is 9.71. The Kier molecular flexibility index (Phi) is 4.20. The Labute approximate surface area is 101 Å². The molecule has 2 atom stereocenters. The van der Waals surface area contributed by atoms with Crippen LogP contribution in [0.15, 0.2) is 0 Å². The lowest BCUT2D eigenvalue weighted by atomic mass is 10.0. The second-order valence-corrected chi connectivity index (χ2v) is 4.32. The van der Waals surface area contributed by atoms with Crippen molar-refractivity contribution in [2.45, 2.75) is 44.0 Å². The first-order valence-corrected chi connectivity index (χ1v) is 5.39. The van der Waals surface area contributed by atoms with Gasteiger partial charge in [0.05, 0.1) is 12.5 Å². The number of alkyl halides is 3. The van der Waals surface area contributed by atoms with Crippen molar-refractivity contribution in [3.8, 4) is 0 Å². The number of nitrogens with one attached hydrogen (secondary N) is 1. The zero-order valence-corrected chi connectivity index (χ0v) is 9.71. The number of carbonyl (C=O) groups is 2. The van der Waals surface area contributed by atoms with Gasteiger partial charge in [0, 0.05) is 6.61 Å². The fourth-order valence-electron chi connectivity index (χ4n) is 1.59. The monoisotopic (exact) mass is 269 g/mol. The van der Waals surface area contributed by atoms with E-state index in [0.29, 0.717) is 20.0 Å². The van der Waals surface area contributed by atoms with Gasteiger partial charge in [0.2, 0.25) is 11.4 Å². The van der Waals surface area contributed by atoms with Gasteiger partial charge in [-0.05, 0) is 19.8 Å². The number of carboxylic acid groups (broad SMARTS) is 1. The van der Waals surface area contributed by atoms with Gasteiger partial charge in [-0.1, -0.05) is 0 Å². The summed E-state index contributed by atoms with van der Waals surface area (Å²) in [6, 6.07) is 0. The second-order valence-electron chi connectivity index (χ2n) is 4.32. The molecule has 18 heavy (non-hydrogen) atoms. The average molecular weight is 269 g/mol. The van der Waals surface area contributed by atoms with E-state index in [1.807, 2.05) is 0 Å². The van der Waals surface area contributed by atoms with Gasteiger partial charge in [-0.25, -0.2) is 4.79 Å². The highest BCUT2D eigenvalue weighted by molar-refractivity contribution is 5.87. The topological polar surface area (TPSA) is 75.6 Å². The third-order valence-corrected chi connectivity index (χ3v) is 2.82. The van der Waals surface area contributed by atoms with E-state index in [-0.39, 0.29) is 6.42 Å². The van der Waals surface area contributed by atoms with Crippen molar-refractivity contribution in [2.24, 2.45) is 0 Å². The minimum Gasteiger partial charge on any atom is -0.479 e. The molecule has 2 unspecified atom stereocenters. The fraction of sp³-hybridized carbons (Fsp3) is 0.800.